The van der Waals surface area contributed by atoms with Crippen LogP contribution in [0.3, 0.4) is 0 Å². The predicted molar refractivity (Wildman–Crippen MR) is 52.3 cm³/mol. The van der Waals surface area contributed by atoms with Crippen molar-refractivity contribution in [1.29, 1.82) is 0 Å². The van der Waals surface area contributed by atoms with Gasteiger partial charge in [0.05, 0.1) is 5.69 Å². The first-order chi connectivity index (χ1) is 6.25. The van der Waals surface area contributed by atoms with Gasteiger partial charge in [0.25, 0.3) is 0 Å². The maximum absolute atomic E-state index is 5.60. The van der Waals surface area contributed by atoms with Crippen LogP contribution in [0, 0.1) is 6.92 Å². The zero-order valence-electron chi connectivity index (χ0n) is 7.06. The molecule has 0 fully saturated rings. The molecule has 2 aromatic rings. The van der Waals surface area contributed by atoms with E-state index in [2.05, 4.69) is 15.2 Å². The van der Waals surface area contributed by atoms with Crippen LogP contribution in [0.25, 0.3) is 10.6 Å². The van der Waals surface area contributed by atoms with Gasteiger partial charge in [-0.1, -0.05) is 11.3 Å². The average molecular weight is 192 g/mol. The summed E-state index contributed by atoms with van der Waals surface area (Å²) in [7, 11) is 0. The summed E-state index contributed by atoms with van der Waals surface area (Å²) in [5.74, 6) is 0. The zero-order valence-corrected chi connectivity index (χ0v) is 7.88. The zero-order chi connectivity index (χ0) is 9.26. The second-order valence-electron chi connectivity index (χ2n) is 2.63. The third kappa shape index (κ3) is 1.65. The molecular formula is C8H8N4S. The normalized spacial score (nSPS) is 10.2. The molecule has 0 aliphatic carbocycles. The Kier molecular flexibility index (Phi) is 1.94. The first-order valence-electron chi connectivity index (χ1n) is 3.77. The summed E-state index contributed by atoms with van der Waals surface area (Å²) >= 11 is 1.53. The van der Waals surface area contributed by atoms with Crippen LogP contribution in [0.4, 0.5) is 5.69 Å². The van der Waals surface area contributed by atoms with E-state index in [0.717, 1.165) is 15.6 Å². The van der Waals surface area contributed by atoms with Gasteiger partial charge >= 0.3 is 0 Å². The molecule has 0 saturated carbocycles. The fraction of sp³-hybridized carbons (Fsp3) is 0.125. The molecule has 0 unspecified atom stereocenters. The molecule has 2 heterocycles. The Labute approximate surface area is 79.5 Å². The van der Waals surface area contributed by atoms with Gasteiger partial charge in [-0.25, -0.2) is 0 Å². The molecule has 66 valence electrons. The number of nitrogen functional groups attached to an aromatic ring is 1. The van der Waals surface area contributed by atoms with Crippen LogP contribution in [0.15, 0.2) is 18.5 Å². The molecule has 0 atom stereocenters. The Hall–Kier alpha value is -1.49. The van der Waals surface area contributed by atoms with E-state index in [9.17, 15) is 0 Å². The summed E-state index contributed by atoms with van der Waals surface area (Å²) in [5, 5.41) is 9.72. The molecule has 0 aliphatic heterocycles. The summed E-state index contributed by atoms with van der Waals surface area (Å²) in [6, 6.07) is 1.84. The number of anilines is 1. The Bertz CT molecular complexity index is 424. The minimum atomic E-state index is 0.644. The number of aromatic nitrogens is 3. The molecule has 0 aromatic carbocycles. The number of hydrogen-bond acceptors (Lipinski definition) is 5. The van der Waals surface area contributed by atoms with Crippen LogP contribution in [0.2, 0.25) is 0 Å². The van der Waals surface area contributed by atoms with Crippen LogP contribution in [0.5, 0.6) is 0 Å². The highest BCUT2D eigenvalue weighted by Gasteiger charge is 2.03. The van der Waals surface area contributed by atoms with E-state index in [0.29, 0.717) is 5.69 Å². The van der Waals surface area contributed by atoms with Crippen molar-refractivity contribution in [2.24, 2.45) is 0 Å². The molecule has 0 amide bonds. The van der Waals surface area contributed by atoms with E-state index in [1.165, 1.54) is 11.3 Å². The third-order valence-corrected chi connectivity index (χ3v) is 2.42. The molecule has 0 radical (unpaired) electrons. The van der Waals surface area contributed by atoms with E-state index < -0.39 is 0 Å². The Morgan fingerprint density at radius 1 is 1.31 bits per heavy atom. The second kappa shape index (κ2) is 3.10. The molecule has 0 saturated heterocycles. The van der Waals surface area contributed by atoms with E-state index in [-0.39, 0.29) is 0 Å². The van der Waals surface area contributed by atoms with Gasteiger partial charge in [0.15, 0.2) is 0 Å². The second-order valence-corrected chi connectivity index (χ2v) is 3.81. The number of hydrogen-bond donors (Lipinski definition) is 1. The Morgan fingerprint density at radius 3 is 2.77 bits per heavy atom. The van der Waals surface area contributed by atoms with Gasteiger partial charge in [-0.15, -0.1) is 10.2 Å². The molecule has 0 bridgehead atoms. The van der Waals surface area contributed by atoms with Gasteiger partial charge in [-0.05, 0) is 13.0 Å². The highest BCUT2D eigenvalue weighted by molar-refractivity contribution is 7.14. The molecule has 2 rings (SSSR count). The Balaban J connectivity index is 2.46. The van der Waals surface area contributed by atoms with Crippen molar-refractivity contribution >= 4 is 17.0 Å². The lowest BCUT2D eigenvalue weighted by molar-refractivity contribution is 1.05. The molecular weight excluding hydrogens is 184 g/mol. The van der Waals surface area contributed by atoms with Crippen LogP contribution in [-0.4, -0.2) is 15.2 Å². The van der Waals surface area contributed by atoms with Crippen LogP contribution < -0.4 is 5.73 Å². The first-order valence-corrected chi connectivity index (χ1v) is 4.58. The highest BCUT2D eigenvalue weighted by Crippen LogP contribution is 2.23. The fourth-order valence-electron chi connectivity index (χ4n) is 0.988. The quantitative estimate of drug-likeness (QED) is 0.743. The predicted octanol–water partition coefficient (Wildman–Crippen LogP) is 1.49. The smallest absolute Gasteiger partial charge is 0.149 e. The standard InChI is InChI=1S/C8H8N4S/c1-5-11-12-8(13-5)6-2-7(9)4-10-3-6/h2-4H,9H2,1H3. The highest BCUT2D eigenvalue weighted by atomic mass is 32.1. The van der Waals surface area contributed by atoms with Crippen molar-refractivity contribution in [3.63, 3.8) is 0 Å². The largest absolute Gasteiger partial charge is 0.397 e. The number of nitrogens with two attached hydrogens (primary N) is 1. The summed E-state index contributed by atoms with van der Waals surface area (Å²) < 4.78 is 0. The molecule has 13 heavy (non-hydrogen) atoms. The van der Waals surface area contributed by atoms with Crippen molar-refractivity contribution in [3.8, 4) is 10.6 Å². The number of pyridine rings is 1. The first kappa shape index (κ1) is 8.12. The monoisotopic (exact) mass is 192 g/mol. The van der Waals surface area contributed by atoms with E-state index in [4.69, 9.17) is 5.73 Å². The summed E-state index contributed by atoms with van der Waals surface area (Å²) in [6.45, 7) is 1.92. The maximum atomic E-state index is 5.60. The minimum absolute atomic E-state index is 0.644. The fourth-order valence-corrected chi connectivity index (χ4v) is 1.66. The number of nitrogens with zero attached hydrogens (tertiary/aromatic N) is 3. The lowest BCUT2D eigenvalue weighted by Crippen LogP contribution is -1.87. The van der Waals surface area contributed by atoms with Crippen molar-refractivity contribution in [3.05, 3.63) is 23.5 Å². The van der Waals surface area contributed by atoms with Crippen molar-refractivity contribution in [2.75, 3.05) is 5.73 Å². The number of rotatable bonds is 1. The summed E-state index contributed by atoms with van der Waals surface area (Å²) in [6.07, 6.45) is 3.34. The Morgan fingerprint density at radius 2 is 2.15 bits per heavy atom. The van der Waals surface area contributed by atoms with Gasteiger partial charge in [-0.3, -0.25) is 4.98 Å². The molecule has 2 aromatic heterocycles. The van der Waals surface area contributed by atoms with Crippen LogP contribution in [-0.2, 0) is 0 Å². The minimum Gasteiger partial charge on any atom is -0.397 e. The van der Waals surface area contributed by atoms with E-state index in [1.54, 1.807) is 12.4 Å². The van der Waals surface area contributed by atoms with Gasteiger partial charge in [0.1, 0.15) is 10.0 Å². The van der Waals surface area contributed by atoms with E-state index >= 15 is 0 Å². The lowest BCUT2D eigenvalue weighted by Gasteiger charge is -1.94. The van der Waals surface area contributed by atoms with Crippen LogP contribution >= 0.6 is 11.3 Å². The van der Waals surface area contributed by atoms with Gasteiger partial charge in [-0.2, -0.15) is 0 Å². The van der Waals surface area contributed by atoms with Crippen LogP contribution in [0.1, 0.15) is 5.01 Å². The van der Waals surface area contributed by atoms with Crippen molar-refractivity contribution in [2.45, 2.75) is 6.92 Å². The van der Waals surface area contributed by atoms with Crippen molar-refractivity contribution in [1.82, 2.24) is 15.2 Å². The third-order valence-electron chi connectivity index (χ3n) is 1.53. The van der Waals surface area contributed by atoms with Gasteiger partial charge in [0.2, 0.25) is 0 Å². The number of aryl methyl sites for hydroxylation is 1. The molecule has 0 spiro atoms. The van der Waals surface area contributed by atoms with Crippen molar-refractivity contribution < 1.29 is 0 Å². The van der Waals surface area contributed by atoms with Gasteiger partial charge < -0.3 is 5.73 Å². The van der Waals surface area contributed by atoms with E-state index in [1.807, 2.05) is 13.0 Å². The molecule has 5 heteroatoms. The summed E-state index contributed by atoms with van der Waals surface area (Å²) in [4.78, 5) is 3.98. The molecule has 0 aliphatic rings. The topological polar surface area (TPSA) is 64.7 Å². The SMILES string of the molecule is Cc1nnc(-c2cncc(N)c2)s1. The average Bonchev–Trinajstić information content (AvgIpc) is 2.52. The maximum Gasteiger partial charge on any atom is 0.149 e. The summed E-state index contributed by atoms with van der Waals surface area (Å²) in [5.41, 5.74) is 7.16. The van der Waals surface area contributed by atoms with Gasteiger partial charge in [0, 0.05) is 18.0 Å². The molecule has 4 nitrogen and oxygen atoms in total. The molecule has 2 N–H and O–H groups in total. The lowest BCUT2D eigenvalue weighted by atomic mass is 10.3.